The normalized spacial score (nSPS) is 10.6. The van der Waals surface area contributed by atoms with E-state index in [-0.39, 0.29) is 0 Å². The van der Waals surface area contributed by atoms with E-state index in [4.69, 9.17) is 5.11 Å². The van der Waals surface area contributed by atoms with E-state index >= 15 is 0 Å². The van der Waals surface area contributed by atoms with Gasteiger partial charge >= 0.3 is 5.97 Å². The zero-order valence-corrected chi connectivity index (χ0v) is 9.20. The number of carboxylic acid groups (broad SMARTS) is 1. The minimum atomic E-state index is -0.892. The quantitative estimate of drug-likeness (QED) is 0.839. The summed E-state index contributed by atoms with van der Waals surface area (Å²) in [4.78, 5) is 10.2. The van der Waals surface area contributed by atoms with Gasteiger partial charge in [0.15, 0.2) is 0 Å². The fraction of sp³-hybridized carbons (Fsp3) is 0.182. The topological polar surface area (TPSA) is 37.3 Å². The lowest BCUT2D eigenvalue weighted by molar-refractivity contribution is -0.131. The number of hydrogen-bond acceptors (Lipinski definition) is 1. The van der Waals surface area contributed by atoms with E-state index in [0.29, 0.717) is 0 Å². The summed E-state index contributed by atoms with van der Waals surface area (Å²) in [5.41, 5.74) is 1.20. The van der Waals surface area contributed by atoms with Gasteiger partial charge in [-0.1, -0.05) is 40.2 Å². The Morgan fingerprint density at radius 1 is 1.43 bits per heavy atom. The van der Waals surface area contributed by atoms with Crippen LogP contribution in [-0.4, -0.2) is 11.1 Å². The molecule has 0 aromatic heterocycles. The lowest BCUT2D eigenvalue weighted by atomic mass is 10.1. The second kappa shape index (κ2) is 5.60. The molecular formula is C11H11BrO2. The van der Waals surface area contributed by atoms with Gasteiger partial charge in [0.2, 0.25) is 0 Å². The van der Waals surface area contributed by atoms with Gasteiger partial charge in [0.1, 0.15) is 0 Å². The summed E-state index contributed by atoms with van der Waals surface area (Å²) in [5, 5.41) is 8.37. The van der Waals surface area contributed by atoms with Crippen LogP contribution in [0.1, 0.15) is 12.0 Å². The molecule has 0 bridgehead atoms. The Bertz CT molecular complexity index is 345. The number of hydrogen-bond donors (Lipinski definition) is 1. The predicted molar refractivity (Wildman–Crippen MR) is 59.2 cm³/mol. The molecule has 3 heteroatoms. The zero-order chi connectivity index (χ0) is 10.4. The van der Waals surface area contributed by atoms with Gasteiger partial charge in [-0.3, -0.25) is 0 Å². The first-order valence-electron chi connectivity index (χ1n) is 4.33. The van der Waals surface area contributed by atoms with Crippen LogP contribution >= 0.6 is 15.9 Å². The molecule has 0 heterocycles. The van der Waals surface area contributed by atoms with Crippen LogP contribution in [0.25, 0.3) is 0 Å². The molecule has 1 aromatic carbocycles. The van der Waals surface area contributed by atoms with Crippen molar-refractivity contribution in [2.24, 2.45) is 0 Å². The third-order valence-corrected chi connectivity index (χ3v) is 2.57. The van der Waals surface area contributed by atoms with Gasteiger partial charge in [-0.15, -0.1) is 0 Å². The van der Waals surface area contributed by atoms with E-state index in [1.54, 1.807) is 6.08 Å². The van der Waals surface area contributed by atoms with E-state index in [9.17, 15) is 4.79 Å². The van der Waals surface area contributed by atoms with E-state index in [0.717, 1.165) is 17.3 Å². The highest BCUT2D eigenvalue weighted by Crippen LogP contribution is 2.17. The SMILES string of the molecule is O=C(O)/C=C/CCc1ccccc1Br. The largest absolute Gasteiger partial charge is 0.478 e. The second-order valence-corrected chi connectivity index (χ2v) is 3.73. The monoisotopic (exact) mass is 254 g/mol. The Morgan fingerprint density at radius 2 is 2.14 bits per heavy atom. The molecule has 0 spiro atoms. The molecule has 2 nitrogen and oxygen atoms in total. The second-order valence-electron chi connectivity index (χ2n) is 2.87. The number of rotatable bonds is 4. The highest BCUT2D eigenvalue weighted by atomic mass is 79.9. The van der Waals surface area contributed by atoms with Crippen LogP contribution in [-0.2, 0) is 11.2 Å². The molecule has 0 radical (unpaired) electrons. The van der Waals surface area contributed by atoms with E-state index in [1.165, 1.54) is 11.6 Å². The highest BCUT2D eigenvalue weighted by molar-refractivity contribution is 9.10. The molecule has 1 rings (SSSR count). The molecule has 0 aliphatic carbocycles. The number of allylic oxidation sites excluding steroid dienone is 1. The molecule has 0 atom stereocenters. The standard InChI is InChI=1S/C11H11BrO2/c12-10-7-3-1-5-9(10)6-2-4-8-11(13)14/h1,3-5,7-8H,2,6H2,(H,13,14)/b8-4+. The first-order valence-corrected chi connectivity index (χ1v) is 5.12. The predicted octanol–water partition coefficient (Wildman–Crippen LogP) is 3.02. The Morgan fingerprint density at radius 3 is 2.79 bits per heavy atom. The summed E-state index contributed by atoms with van der Waals surface area (Å²) in [6.07, 6.45) is 4.44. The third-order valence-electron chi connectivity index (χ3n) is 1.80. The van der Waals surface area contributed by atoms with Crippen molar-refractivity contribution >= 4 is 21.9 Å². The molecule has 74 valence electrons. The lowest BCUT2D eigenvalue weighted by Crippen LogP contribution is -1.88. The summed E-state index contributed by atoms with van der Waals surface area (Å²) in [7, 11) is 0. The van der Waals surface area contributed by atoms with Crippen LogP contribution in [0.2, 0.25) is 0 Å². The summed E-state index contributed by atoms with van der Waals surface area (Å²) in [6, 6.07) is 7.94. The average Bonchev–Trinajstić information content (AvgIpc) is 2.15. The fourth-order valence-corrected chi connectivity index (χ4v) is 1.61. The maximum Gasteiger partial charge on any atom is 0.327 e. The number of halogens is 1. The maximum absolute atomic E-state index is 10.2. The van der Waals surface area contributed by atoms with Crippen molar-refractivity contribution < 1.29 is 9.90 Å². The van der Waals surface area contributed by atoms with Gasteiger partial charge in [-0.25, -0.2) is 4.79 Å². The van der Waals surface area contributed by atoms with Crippen molar-refractivity contribution in [1.29, 1.82) is 0 Å². The zero-order valence-electron chi connectivity index (χ0n) is 7.61. The van der Waals surface area contributed by atoms with Crippen LogP contribution in [0, 0.1) is 0 Å². The third kappa shape index (κ3) is 3.75. The van der Waals surface area contributed by atoms with Crippen molar-refractivity contribution in [2.45, 2.75) is 12.8 Å². The number of carbonyl (C=O) groups is 1. The van der Waals surface area contributed by atoms with Crippen molar-refractivity contribution in [3.05, 3.63) is 46.5 Å². The van der Waals surface area contributed by atoms with Crippen molar-refractivity contribution in [1.82, 2.24) is 0 Å². The van der Waals surface area contributed by atoms with Crippen LogP contribution in [0.15, 0.2) is 40.9 Å². The number of aliphatic carboxylic acids is 1. The van der Waals surface area contributed by atoms with E-state index in [1.807, 2.05) is 24.3 Å². The Kier molecular flexibility index (Phi) is 4.40. The molecular weight excluding hydrogens is 244 g/mol. The van der Waals surface area contributed by atoms with Crippen LogP contribution < -0.4 is 0 Å². The minimum Gasteiger partial charge on any atom is -0.478 e. The van der Waals surface area contributed by atoms with Gasteiger partial charge < -0.3 is 5.11 Å². The first kappa shape index (κ1) is 11.0. The number of aryl methyl sites for hydroxylation is 1. The molecule has 0 unspecified atom stereocenters. The Labute approximate surface area is 91.4 Å². The summed E-state index contributed by atoms with van der Waals surface area (Å²) < 4.78 is 1.07. The molecule has 0 aliphatic heterocycles. The van der Waals surface area contributed by atoms with Crippen LogP contribution in [0.3, 0.4) is 0 Å². The Hall–Kier alpha value is -1.09. The number of benzene rings is 1. The molecule has 1 aromatic rings. The Balaban J connectivity index is 2.46. The average molecular weight is 255 g/mol. The summed E-state index contributed by atoms with van der Waals surface area (Å²) in [5.74, 6) is -0.892. The molecule has 0 amide bonds. The van der Waals surface area contributed by atoms with Gasteiger partial charge in [-0.05, 0) is 24.5 Å². The van der Waals surface area contributed by atoms with Crippen LogP contribution in [0.5, 0.6) is 0 Å². The summed E-state index contributed by atoms with van der Waals surface area (Å²) in [6.45, 7) is 0. The number of carboxylic acids is 1. The smallest absolute Gasteiger partial charge is 0.327 e. The fourth-order valence-electron chi connectivity index (χ4n) is 1.12. The molecule has 0 fully saturated rings. The lowest BCUT2D eigenvalue weighted by Gasteiger charge is -2.00. The highest BCUT2D eigenvalue weighted by Gasteiger charge is 1.96. The molecule has 1 N–H and O–H groups in total. The van der Waals surface area contributed by atoms with Crippen molar-refractivity contribution in [2.75, 3.05) is 0 Å². The van der Waals surface area contributed by atoms with Crippen molar-refractivity contribution in [3.63, 3.8) is 0 Å². The molecule has 14 heavy (non-hydrogen) atoms. The van der Waals surface area contributed by atoms with E-state index in [2.05, 4.69) is 15.9 Å². The van der Waals surface area contributed by atoms with Gasteiger partial charge in [0.05, 0.1) is 0 Å². The minimum absolute atomic E-state index is 0.745. The summed E-state index contributed by atoms with van der Waals surface area (Å²) >= 11 is 3.44. The van der Waals surface area contributed by atoms with E-state index < -0.39 is 5.97 Å². The van der Waals surface area contributed by atoms with Gasteiger partial charge in [-0.2, -0.15) is 0 Å². The van der Waals surface area contributed by atoms with Gasteiger partial charge in [0, 0.05) is 10.5 Å². The first-order chi connectivity index (χ1) is 6.70. The molecule has 0 aliphatic rings. The van der Waals surface area contributed by atoms with Gasteiger partial charge in [0.25, 0.3) is 0 Å². The molecule has 0 saturated carbocycles. The van der Waals surface area contributed by atoms with Crippen molar-refractivity contribution in [3.8, 4) is 0 Å². The maximum atomic E-state index is 10.2. The molecule has 0 saturated heterocycles. The van der Waals surface area contributed by atoms with Crippen LogP contribution in [0.4, 0.5) is 0 Å².